The van der Waals surface area contributed by atoms with Gasteiger partial charge in [-0.3, -0.25) is 4.79 Å². The lowest BCUT2D eigenvalue weighted by molar-refractivity contribution is -0.118. The molecular weight excluding hydrogens is 184 g/mol. The van der Waals surface area contributed by atoms with Crippen molar-refractivity contribution in [3.63, 3.8) is 0 Å². The molecule has 0 radical (unpaired) electrons. The molecule has 1 heteroatoms. The summed E-state index contributed by atoms with van der Waals surface area (Å²) in [6, 6.07) is 4.20. The van der Waals surface area contributed by atoms with E-state index < -0.39 is 0 Å². The third kappa shape index (κ3) is 2.92. The zero-order valence-corrected chi connectivity index (χ0v) is 10.2. The van der Waals surface area contributed by atoms with Gasteiger partial charge in [0, 0.05) is 12.8 Å². The van der Waals surface area contributed by atoms with E-state index in [9.17, 15) is 4.79 Å². The van der Waals surface area contributed by atoms with Gasteiger partial charge < -0.3 is 0 Å². The van der Waals surface area contributed by atoms with Crippen LogP contribution in [0.3, 0.4) is 0 Å². The number of hydrogen-bond acceptors (Lipinski definition) is 1. The van der Waals surface area contributed by atoms with E-state index in [2.05, 4.69) is 32.9 Å². The topological polar surface area (TPSA) is 17.1 Å². The largest absolute Gasteiger partial charge is 0.299 e. The Labute approximate surface area is 92.5 Å². The average Bonchev–Trinajstić information content (AvgIpc) is 2.20. The molecule has 0 heterocycles. The summed E-state index contributed by atoms with van der Waals surface area (Å²) < 4.78 is 0. The van der Waals surface area contributed by atoms with Crippen LogP contribution in [0.25, 0.3) is 0 Å². The molecule has 0 atom stereocenters. The van der Waals surface area contributed by atoms with Gasteiger partial charge in [-0.1, -0.05) is 19.1 Å². The number of carbonyl (C=O) groups excluding carboxylic acids is 1. The zero-order chi connectivity index (χ0) is 11.4. The van der Waals surface area contributed by atoms with Gasteiger partial charge in [-0.25, -0.2) is 0 Å². The normalized spacial score (nSPS) is 10.4. The SMILES string of the molecule is CCCC(=O)Cc1ccc(C)c(C)c1C. The lowest BCUT2D eigenvalue weighted by atomic mass is 9.95. The summed E-state index contributed by atoms with van der Waals surface area (Å²) in [5.74, 6) is 0.351. The first-order chi connectivity index (χ1) is 7.06. The highest BCUT2D eigenvalue weighted by molar-refractivity contribution is 5.81. The van der Waals surface area contributed by atoms with Crippen LogP contribution in [-0.2, 0) is 11.2 Å². The summed E-state index contributed by atoms with van der Waals surface area (Å²) in [5.41, 5.74) is 5.09. The van der Waals surface area contributed by atoms with E-state index in [-0.39, 0.29) is 0 Å². The molecule has 15 heavy (non-hydrogen) atoms. The van der Waals surface area contributed by atoms with Gasteiger partial charge in [0.05, 0.1) is 0 Å². The molecule has 0 aliphatic carbocycles. The van der Waals surface area contributed by atoms with Crippen LogP contribution >= 0.6 is 0 Å². The van der Waals surface area contributed by atoms with E-state index in [4.69, 9.17) is 0 Å². The Hall–Kier alpha value is -1.11. The number of carbonyl (C=O) groups is 1. The highest BCUT2D eigenvalue weighted by Gasteiger charge is 2.07. The number of rotatable bonds is 4. The van der Waals surface area contributed by atoms with Crippen molar-refractivity contribution in [3.8, 4) is 0 Å². The second-order valence-corrected chi connectivity index (χ2v) is 4.26. The second kappa shape index (κ2) is 5.11. The molecule has 0 bridgehead atoms. The minimum Gasteiger partial charge on any atom is -0.299 e. The van der Waals surface area contributed by atoms with E-state index in [1.165, 1.54) is 22.3 Å². The highest BCUT2D eigenvalue weighted by Crippen LogP contribution is 2.18. The Morgan fingerprint density at radius 1 is 1.13 bits per heavy atom. The quantitative estimate of drug-likeness (QED) is 0.733. The number of hydrogen-bond donors (Lipinski definition) is 0. The molecule has 0 unspecified atom stereocenters. The summed E-state index contributed by atoms with van der Waals surface area (Å²) in [6.07, 6.45) is 2.25. The van der Waals surface area contributed by atoms with Crippen LogP contribution in [0.4, 0.5) is 0 Å². The fourth-order valence-electron chi connectivity index (χ4n) is 1.78. The number of ketones is 1. The molecule has 0 aliphatic heterocycles. The molecule has 1 nitrogen and oxygen atoms in total. The smallest absolute Gasteiger partial charge is 0.137 e. The fraction of sp³-hybridized carbons (Fsp3) is 0.500. The molecule has 0 saturated carbocycles. The van der Waals surface area contributed by atoms with Gasteiger partial charge in [0.1, 0.15) is 5.78 Å². The number of benzene rings is 1. The Bertz CT molecular complexity index is 364. The molecule has 0 amide bonds. The Balaban J connectivity index is 2.87. The molecule has 1 aromatic rings. The van der Waals surface area contributed by atoms with Crippen molar-refractivity contribution in [2.45, 2.75) is 47.0 Å². The summed E-state index contributed by atoms with van der Waals surface area (Å²) in [4.78, 5) is 11.6. The lowest BCUT2D eigenvalue weighted by Gasteiger charge is -2.10. The first kappa shape index (κ1) is 12.0. The first-order valence-corrected chi connectivity index (χ1v) is 5.63. The highest BCUT2D eigenvalue weighted by atomic mass is 16.1. The van der Waals surface area contributed by atoms with Gasteiger partial charge in [0.2, 0.25) is 0 Å². The van der Waals surface area contributed by atoms with Crippen molar-refractivity contribution in [3.05, 3.63) is 34.4 Å². The standard InChI is InChI=1S/C14H20O/c1-5-6-14(15)9-13-8-7-10(2)11(3)12(13)4/h7-8H,5-6,9H2,1-4H3. The van der Waals surface area contributed by atoms with Gasteiger partial charge in [-0.2, -0.15) is 0 Å². The average molecular weight is 204 g/mol. The van der Waals surface area contributed by atoms with E-state index in [1.54, 1.807) is 0 Å². The molecule has 1 rings (SSSR count). The molecule has 0 aromatic heterocycles. The summed E-state index contributed by atoms with van der Waals surface area (Å²) in [7, 11) is 0. The molecule has 0 aliphatic rings. The molecule has 82 valence electrons. The van der Waals surface area contributed by atoms with Crippen LogP contribution in [0.1, 0.15) is 42.0 Å². The van der Waals surface area contributed by atoms with Crippen molar-refractivity contribution in [1.82, 2.24) is 0 Å². The fourth-order valence-corrected chi connectivity index (χ4v) is 1.78. The summed E-state index contributed by atoms with van der Waals surface area (Å²) >= 11 is 0. The molecular formula is C14H20O. The van der Waals surface area contributed by atoms with Crippen molar-refractivity contribution in [1.29, 1.82) is 0 Å². The minimum atomic E-state index is 0.351. The maximum atomic E-state index is 11.6. The minimum absolute atomic E-state index is 0.351. The van der Waals surface area contributed by atoms with Crippen LogP contribution in [0.15, 0.2) is 12.1 Å². The van der Waals surface area contributed by atoms with Crippen LogP contribution in [0.2, 0.25) is 0 Å². The first-order valence-electron chi connectivity index (χ1n) is 5.63. The summed E-state index contributed by atoms with van der Waals surface area (Å²) in [5, 5.41) is 0. The van der Waals surface area contributed by atoms with E-state index >= 15 is 0 Å². The predicted molar refractivity (Wildman–Crippen MR) is 64.3 cm³/mol. The summed E-state index contributed by atoms with van der Waals surface area (Å²) in [6.45, 7) is 8.39. The lowest BCUT2D eigenvalue weighted by Crippen LogP contribution is -2.04. The third-order valence-electron chi connectivity index (χ3n) is 3.09. The van der Waals surface area contributed by atoms with Crippen molar-refractivity contribution in [2.24, 2.45) is 0 Å². The Kier molecular flexibility index (Phi) is 4.07. The van der Waals surface area contributed by atoms with Gasteiger partial charge in [0.15, 0.2) is 0 Å². The second-order valence-electron chi connectivity index (χ2n) is 4.26. The van der Waals surface area contributed by atoms with Crippen LogP contribution in [0.5, 0.6) is 0 Å². The molecule has 0 fully saturated rings. The third-order valence-corrected chi connectivity index (χ3v) is 3.09. The van der Waals surface area contributed by atoms with E-state index in [1.807, 2.05) is 6.92 Å². The van der Waals surface area contributed by atoms with Crippen LogP contribution < -0.4 is 0 Å². The molecule has 0 saturated heterocycles. The monoisotopic (exact) mass is 204 g/mol. The zero-order valence-electron chi connectivity index (χ0n) is 10.2. The van der Waals surface area contributed by atoms with Crippen LogP contribution in [-0.4, -0.2) is 5.78 Å². The van der Waals surface area contributed by atoms with Gasteiger partial charge in [-0.05, 0) is 49.4 Å². The number of aryl methyl sites for hydroxylation is 1. The van der Waals surface area contributed by atoms with Crippen LogP contribution in [0, 0.1) is 20.8 Å². The van der Waals surface area contributed by atoms with Gasteiger partial charge >= 0.3 is 0 Å². The maximum absolute atomic E-state index is 11.6. The predicted octanol–water partition coefficient (Wildman–Crippen LogP) is 3.52. The van der Waals surface area contributed by atoms with Crippen molar-refractivity contribution >= 4 is 5.78 Å². The molecule has 0 spiro atoms. The Morgan fingerprint density at radius 3 is 2.40 bits per heavy atom. The molecule has 1 aromatic carbocycles. The molecule has 0 N–H and O–H groups in total. The van der Waals surface area contributed by atoms with Gasteiger partial charge in [-0.15, -0.1) is 0 Å². The van der Waals surface area contributed by atoms with Crippen molar-refractivity contribution < 1.29 is 4.79 Å². The van der Waals surface area contributed by atoms with E-state index in [0.717, 1.165) is 6.42 Å². The maximum Gasteiger partial charge on any atom is 0.137 e. The van der Waals surface area contributed by atoms with E-state index in [0.29, 0.717) is 18.6 Å². The van der Waals surface area contributed by atoms with Gasteiger partial charge in [0.25, 0.3) is 0 Å². The number of Topliss-reactive ketones (excluding diaryl/α,β-unsaturated/α-hetero) is 1. The Morgan fingerprint density at radius 2 is 1.80 bits per heavy atom. The van der Waals surface area contributed by atoms with Crippen molar-refractivity contribution in [2.75, 3.05) is 0 Å².